The summed E-state index contributed by atoms with van der Waals surface area (Å²) in [6.45, 7) is -0.762. The van der Waals surface area contributed by atoms with Gasteiger partial charge in [0, 0.05) is 22.7 Å². The number of aromatic carboxylic acids is 1. The second kappa shape index (κ2) is 9.26. The van der Waals surface area contributed by atoms with Crippen LogP contribution in [0.1, 0.15) is 22.6 Å². The fraction of sp³-hybridized carbons (Fsp3) is 0.200. The highest BCUT2D eigenvalue weighted by molar-refractivity contribution is 6.36. The largest absolute Gasteiger partial charge is 0.493 e. The number of carboxylic acids is 1. The van der Waals surface area contributed by atoms with Gasteiger partial charge in [-0.3, -0.25) is 8.96 Å². The van der Waals surface area contributed by atoms with Gasteiger partial charge in [0.1, 0.15) is 11.6 Å². The Morgan fingerprint density at radius 3 is 2.48 bits per heavy atom. The first-order valence-electron chi connectivity index (χ1n) is 8.66. The van der Waals surface area contributed by atoms with E-state index in [1.807, 2.05) is 0 Å². The fourth-order valence-electron chi connectivity index (χ4n) is 2.84. The lowest BCUT2D eigenvalue weighted by atomic mass is 10.2. The van der Waals surface area contributed by atoms with Gasteiger partial charge in [-0.05, 0) is 42.5 Å². The number of alkyl halides is 1. The zero-order valence-electron chi connectivity index (χ0n) is 15.1. The lowest BCUT2D eigenvalue weighted by Crippen LogP contribution is -2.07. The molecule has 0 fully saturated rings. The van der Waals surface area contributed by atoms with Gasteiger partial charge in [-0.25, -0.2) is 9.78 Å². The molecule has 3 aromatic rings. The van der Waals surface area contributed by atoms with E-state index in [4.69, 9.17) is 27.9 Å². The first kappa shape index (κ1) is 21.1. The van der Waals surface area contributed by atoms with E-state index in [2.05, 4.69) is 4.98 Å². The van der Waals surface area contributed by atoms with Crippen molar-refractivity contribution in [2.45, 2.75) is 13.0 Å². The molecule has 2 aromatic carbocycles. The number of carbonyl (C=O) groups is 1. The summed E-state index contributed by atoms with van der Waals surface area (Å²) in [6, 6.07) is 11.5. The van der Waals surface area contributed by atoms with Crippen molar-refractivity contribution in [2.75, 3.05) is 13.3 Å². The number of aromatic nitrogens is 2. The molecular weight excluding hydrogens is 422 g/mol. The van der Waals surface area contributed by atoms with Crippen LogP contribution in [0.5, 0.6) is 5.75 Å². The maximum absolute atomic E-state index is 12.2. The summed E-state index contributed by atoms with van der Waals surface area (Å²) in [5, 5.41) is 20.1. The van der Waals surface area contributed by atoms with Crippen LogP contribution in [0.4, 0.5) is 4.39 Å². The molecule has 152 valence electrons. The van der Waals surface area contributed by atoms with Gasteiger partial charge in [0.15, 0.2) is 5.69 Å². The number of halogens is 3. The van der Waals surface area contributed by atoms with Gasteiger partial charge >= 0.3 is 5.97 Å². The van der Waals surface area contributed by atoms with E-state index in [1.54, 1.807) is 36.4 Å². The predicted molar refractivity (Wildman–Crippen MR) is 108 cm³/mol. The Balaban J connectivity index is 2.12. The molecule has 1 heterocycles. The molecule has 0 amide bonds. The maximum atomic E-state index is 12.2. The van der Waals surface area contributed by atoms with E-state index in [0.29, 0.717) is 28.4 Å². The highest BCUT2D eigenvalue weighted by atomic mass is 35.5. The highest BCUT2D eigenvalue weighted by Crippen LogP contribution is 2.33. The van der Waals surface area contributed by atoms with Gasteiger partial charge in [-0.15, -0.1) is 0 Å². The van der Waals surface area contributed by atoms with Gasteiger partial charge in [0.05, 0.1) is 30.6 Å². The second-order valence-corrected chi connectivity index (χ2v) is 6.88. The number of ether oxygens (including phenoxy) is 1. The van der Waals surface area contributed by atoms with Gasteiger partial charge in [-0.1, -0.05) is 23.2 Å². The third-order valence-corrected chi connectivity index (χ3v) is 4.69. The van der Waals surface area contributed by atoms with Crippen molar-refractivity contribution in [1.82, 2.24) is 9.55 Å². The van der Waals surface area contributed by atoms with Crippen LogP contribution in [0.15, 0.2) is 42.5 Å². The molecule has 0 aliphatic heterocycles. The van der Waals surface area contributed by atoms with Crippen LogP contribution >= 0.6 is 23.2 Å². The van der Waals surface area contributed by atoms with Gasteiger partial charge in [-0.2, -0.15) is 0 Å². The third-order valence-electron chi connectivity index (χ3n) is 4.14. The van der Waals surface area contributed by atoms with Crippen molar-refractivity contribution in [3.8, 4) is 22.8 Å². The SMILES string of the molecule is O=C(O)c1nc(-c2ccc(Cl)cc2Cl)n(-c2ccc(OCCCF)cc2)c1CO. The first-order valence-corrected chi connectivity index (χ1v) is 9.42. The standard InChI is InChI=1S/C20H17Cl2FN2O4/c21-12-2-7-15(16(22)10-12)19-24-18(20(27)28)17(11-26)25(19)13-3-5-14(6-4-13)29-9-1-8-23/h2-7,10,26H,1,8-9,11H2,(H,27,28). The number of hydrogen-bond donors (Lipinski definition) is 2. The second-order valence-electron chi connectivity index (χ2n) is 6.04. The average Bonchev–Trinajstić information content (AvgIpc) is 3.08. The molecule has 0 bridgehead atoms. The Bertz CT molecular complexity index is 1020. The molecule has 29 heavy (non-hydrogen) atoms. The number of nitrogens with zero attached hydrogens (tertiary/aromatic N) is 2. The molecular formula is C20H17Cl2FN2O4. The summed E-state index contributed by atoms with van der Waals surface area (Å²) in [4.78, 5) is 15.9. The number of carboxylic acid groups (broad SMARTS) is 1. The molecule has 0 radical (unpaired) electrons. The Morgan fingerprint density at radius 1 is 1.17 bits per heavy atom. The molecule has 0 saturated carbocycles. The van der Waals surface area contributed by atoms with Crippen molar-refractivity contribution >= 4 is 29.2 Å². The molecule has 2 N–H and O–H groups in total. The van der Waals surface area contributed by atoms with E-state index in [0.717, 1.165) is 0 Å². The molecule has 0 unspecified atom stereocenters. The monoisotopic (exact) mass is 438 g/mol. The van der Waals surface area contributed by atoms with Crippen molar-refractivity contribution in [1.29, 1.82) is 0 Å². The Labute approximate surface area is 176 Å². The van der Waals surface area contributed by atoms with Crippen molar-refractivity contribution in [3.63, 3.8) is 0 Å². The lowest BCUT2D eigenvalue weighted by molar-refractivity contribution is 0.0687. The number of hydrogen-bond acceptors (Lipinski definition) is 4. The Morgan fingerprint density at radius 2 is 1.90 bits per heavy atom. The van der Waals surface area contributed by atoms with Crippen LogP contribution in [0, 0.1) is 0 Å². The molecule has 6 nitrogen and oxygen atoms in total. The minimum Gasteiger partial charge on any atom is -0.493 e. The van der Waals surface area contributed by atoms with Crippen LogP contribution in [-0.2, 0) is 6.61 Å². The summed E-state index contributed by atoms with van der Waals surface area (Å²) in [5.74, 6) is -0.484. The topological polar surface area (TPSA) is 84.6 Å². The van der Waals surface area contributed by atoms with E-state index in [1.165, 1.54) is 10.6 Å². The Hall–Kier alpha value is -2.61. The lowest BCUT2D eigenvalue weighted by Gasteiger charge is -2.13. The van der Waals surface area contributed by atoms with Crippen LogP contribution in [0.25, 0.3) is 17.1 Å². The molecule has 0 atom stereocenters. The number of benzene rings is 2. The summed E-state index contributed by atoms with van der Waals surface area (Å²) in [7, 11) is 0. The van der Waals surface area contributed by atoms with Crippen molar-refractivity contribution < 1.29 is 24.1 Å². The molecule has 9 heteroatoms. The fourth-order valence-corrected chi connectivity index (χ4v) is 3.33. The quantitative estimate of drug-likeness (QED) is 0.494. The van der Waals surface area contributed by atoms with E-state index in [-0.39, 0.29) is 28.8 Å². The maximum Gasteiger partial charge on any atom is 0.356 e. The number of rotatable bonds is 8. The van der Waals surface area contributed by atoms with Crippen LogP contribution in [-0.4, -0.2) is 39.0 Å². The third kappa shape index (κ3) is 4.53. The highest BCUT2D eigenvalue weighted by Gasteiger charge is 2.24. The zero-order chi connectivity index (χ0) is 21.0. The van der Waals surface area contributed by atoms with Gasteiger partial charge in [0.25, 0.3) is 0 Å². The van der Waals surface area contributed by atoms with E-state index >= 15 is 0 Å². The summed E-state index contributed by atoms with van der Waals surface area (Å²) in [5.41, 5.74) is 0.829. The minimum atomic E-state index is -1.27. The van der Waals surface area contributed by atoms with Crippen LogP contribution in [0.2, 0.25) is 10.0 Å². The molecule has 1 aromatic heterocycles. The summed E-state index contributed by atoms with van der Waals surface area (Å²) >= 11 is 12.3. The number of aliphatic hydroxyl groups excluding tert-OH is 1. The van der Waals surface area contributed by atoms with E-state index < -0.39 is 19.3 Å². The number of imidazole rings is 1. The van der Waals surface area contributed by atoms with E-state index in [9.17, 15) is 19.4 Å². The minimum absolute atomic E-state index is 0.101. The Kier molecular flexibility index (Phi) is 6.74. The predicted octanol–water partition coefficient (Wildman–Crippen LogP) is 4.78. The van der Waals surface area contributed by atoms with Crippen LogP contribution < -0.4 is 4.74 Å². The van der Waals surface area contributed by atoms with Crippen molar-refractivity contribution in [2.24, 2.45) is 0 Å². The van der Waals surface area contributed by atoms with Gasteiger partial charge in [0.2, 0.25) is 0 Å². The van der Waals surface area contributed by atoms with Crippen molar-refractivity contribution in [3.05, 3.63) is 63.9 Å². The number of aliphatic hydroxyl groups is 1. The summed E-state index contributed by atoms with van der Waals surface area (Å²) < 4.78 is 19.2. The molecule has 3 rings (SSSR count). The molecule has 0 spiro atoms. The van der Waals surface area contributed by atoms with Crippen LogP contribution in [0.3, 0.4) is 0 Å². The molecule has 0 aliphatic rings. The van der Waals surface area contributed by atoms with Gasteiger partial charge < -0.3 is 14.9 Å². The normalized spacial score (nSPS) is 10.9. The smallest absolute Gasteiger partial charge is 0.356 e. The first-order chi connectivity index (χ1) is 14.0. The zero-order valence-corrected chi connectivity index (χ0v) is 16.6. The molecule has 0 saturated heterocycles. The molecule has 0 aliphatic carbocycles. The average molecular weight is 439 g/mol. The summed E-state index contributed by atoms with van der Waals surface area (Å²) in [6.07, 6.45) is 0.291.